The van der Waals surface area contributed by atoms with Crippen molar-refractivity contribution in [3.63, 3.8) is 0 Å². The van der Waals surface area contributed by atoms with Gasteiger partial charge in [0.25, 0.3) is 0 Å². The lowest BCUT2D eigenvalue weighted by Gasteiger charge is -2.28. The van der Waals surface area contributed by atoms with E-state index in [0.29, 0.717) is 69.3 Å². The standard InChI is InChI=1S/C32H32N6O3.C25H26N6O3/c1-40-26-11-6-10-24(18-26)35-32(39)22-13-15-25(16-14-22)38-20-34-28-29(33)36-30(37-31(28)38)23-9-5-12-27(17-23)41-19-21-7-3-2-4-8-21;1-34-20-7-3-5-17(13-20)28-25(33)15-8-10-18(11-9-15)31-14-27-21-22(26)29-23(30-24(21)31)16-4-2-6-19(32)12-16/h2-12,17-18,20,22,25H,13-16,19H2,1H3,(H,35,39)(H2,33,36,37);2-7,12-15,18,32H,8-11H2,1H3,(H,28,33)(H2,26,29,30). The van der Waals surface area contributed by atoms with Crippen LogP contribution in [0.15, 0.2) is 140 Å². The number of hydrogen-bond donors (Lipinski definition) is 5. The van der Waals surface area contributed by atoms with Crippen LogP contribution in [-0.4, -0.2) is 70.2 Å². The van der Waals surface area contributed by atoms with E-state index in [1.54, 1.807) is 45.1 Å². The molecule has 0 atom stereocenters. The van der Waals surface area contributed by atoms with Gasteiger partial charge in [-0.25, -0.2) is 29.9 Å². The number of nitrogens with two attached hydrogens (primary N) is 2. The largest absolute Gasteiger partial charge is 0.508 e. The molecule has 18 nitrogen and oxygen atoms in total. The molecule has 2 aliphatic rings. The lowest BCUT2D eigenvalue weighted by molar-refractivity contribution is -0.121. The van der Waals surface area contributed by atoms with Crippen LogP contribution in [0.3, 0.4) is 0 Å². The number of ether oxygens (including phenoxy) is 3. The third-order valence-corrected chi connectivity index (χ3v) is 13.9. The molecule has 7 N–H and O–H groups in total. The smallest absolute Gasteiger partial charge is 0.227 e. The number of benzene rings is 5. The number of anilines is 4. The number of nitrogens with one attached hydrogen (secondary N) is 2. The van der Waals surface area contributed by atoms with Crippen LogP contribution in [0, 0.1) is 11.8 Å². The highest BCUT2D eigenvalue weighted by atomic mass is 16.5. The van der Waals surface area contributed by atoms with Gasteiger partial charge in [0.05, 0.1) is 26.9 Å². The molecule has 75 heavy (non-hydrogen) atoms. The van der Waals surface area contributed by atoms with Crippen molar-refractivity contribution in [3.8, 4) is 45.8 Å². The highest BCUT2D eigenvalue weighted by Crippen LogP contribution is 2.38. The molecule has 4 aromatic heterocycles. The van der Waals surface area contributed by atoms with Crippen LogP contribution < -0.4 is 36.3 Å². The molecule has 11 rings (SSSR count). The van der Waals surface area contributed by atoms with Crippen LogP contribution in [0.5, 0.6) is 23.0 Å². The van der Waals surface area contributed by atoms with E-state index in [0.717, 1.165) is 79.6 Å². The van der Waals surface area contributed by atoms with Crippen molar-refractivity contribution < 1.29 is 28.9 Å². The van der Waals surface area contributed by atoms with E-state index in [4.69, 9.17) is 35.6 Å². The average molecular weight is 1010 g/mol. The maximum atomic E-state index is 13.0. The van der Waals surface area contributed by atoms with Gasteiger partial charge in [-0.05, 0) is 105 Å². The quantitative estimate of drug-likeness (QED) is 0.0722. The number of rotatable bonds is 13. The first-order valence-corrected chi connectivity index (χ1v) is 25.1. The molecule has 5 aromatic carbocycles. The number of amides is 2. The van der Waals surface area contributed by atoms with Crippen molar-refractivity contribution in [2.75, 3.05) is 36.3 Å². The van der Waals surface area contributed by atoms with E-state index < -0.39 is 0 Å². The van der Waals surface area contributed by atoms with Crippen molar-refractivity contribution in [1.82, 2.24) is 39.0 Å². The summed E-state index contributed by atoms with van der Waals surface area (Å²) in [4.78, 5) is 53.3. The molecule has 9 aromatic rings. The Bertz CT molecular complexity index is 3460. The van der Waals surface area contributed by atoms with Crippen LogP contribution in [-0.2, 0) is 16.2 Å². The Kier molecular flexibility index (Phi) is 14.8. The summed E-state index contributed by atoms with van der Waals surface area (Å²) in [5.41, 5.74) is 19.1. The van der Waals surface area contributed by atoms with E-state index in [-0.39, 0.29) is 41.5 Å². The summed E-state index contributed by atoms with van der Waals surface area (Å²) in [7, 11) is 3.22. The van der Waals surface area contributed by atoms with Gasteiger partial charge in [-0.2, -0.15) is 0 Å². The van der Waals surface area contributed by atoms with Crippen LogP contribution in [0.25, 0.3) is 45.1 Å². The van der Waals surface area contributed by atoms with Gasteiger partial charge in [-0.1, -0.05) is 66.7 Å². The van der Waals surface area contributed by atoms with Gasteiger partial charge in [-0.3, -0.25) is 9.59 Å². The van der Waals surface area contributed by atoms with Gasteiger partial charge in [-0.15, -0.1) is 0 Å². The van der Waals surface area contributed by atoms with Crippen molar-refractivity contribution >= 4 is 57.2 Å². The Morgan fingerprint density at radius 2 is 1.03 bits per heavy atom. The summed E-state index contributed by atoms with van der Waals surface area (Å²) in [6.07, 6.45) is 9.94. The molecule has 0 spiro atoms. The molecule has 18 heteroatoms. The molecule has 0 saturated heterocycles. The number of hydrogen-bond acceptors (Lipinski definition) is 14. The topological polar surface area (TPSA) is 245 Å². The van der Waals surface area contributed by atoms with Crippen molar-refractivity contribution in [1.29, 1.82) is 0 Å². The number of methoxy groups -OCH3 is 2. The average Bonchev–Trinajstić information content (AvgIpc) is 4.09. The minimum atomic E-state index is -0.0558. The number of phenols is 1. The van der Waals surface area contributed by atoms with Gasteiger partial charge in [0, 0.05) is 58.6 Å². The monoisotopic (exact) mass is 1010 g/mol. The predicted molar refractivity (Wildman–Crippen MR) is 288 cm³/mol. The summed E-state index contributed by atoms with van der Waals surface area (Å²) >= 11 is 0. The van der Waals surface area contributed by atoms with E-state index in [9.17, 15) is 14.7 Å². The first-order chi connectivity index (χ1) is 36.6. The van der Waals surface area contributed by atoms with Crippen LogP contribution >= 0.6 is 0 Å². The highest BCUT2D eigenvalue weighted by molar-refractivity contribution is 5.93. The fourth-order valence-corrected chi connectivity index (χ4v) is 9.90. The zero-order valence-electron chi connectivity index (χ0n) is 41.7. The van der Waals surface area contributed by atoms with Crippen molar-refractivity contribution in [2.24, 2.45) is 11.8 Å². The Labute approximate surface area is 433 Å². The third-order valence-electron chi connectivity index (χ3n) is 13.9. The van der Waals surface area contributed by atoms with Crippen LogP contribution in [0.2, 0.25) is 0 Å². The van der Waals surface area contributed by atoms with Crippen molar-refractivity contribution in [3.05, 3.63) is 146 Å². The number of nitrogen functional groups attached to an aromatic ring is 2. The van der Waals surface area contributed by atoms with Crippen LogP contribution in [0.4, 0.5) is 23.0 Å². The number of fused-ring (bicyclic) bond motifs is 2. The number of carbonyl (C=O) groups is 2. The second-order valence-corrected chi connectivity index (χ2v) is 18.8. The van der Waals surface area contributed by atoms with Gasteiger partial charge < -0.3 is 50.6 Å². The molecule has 2 saturated carbocycles. The molecule has 0 radical (unpaired) electrons. The normalized spacial score (nSPS) is 17.4. The molecule has 2 aliphatic carbocycles. The van der Waals surface area contributed by atoms with Gasteiger partial charge in [0.2, 0.25) is 11.8 Å². The Morgan fingerprint density at radius 1 is 0.560 bits per heavy atom. The molecule has 2 amide bonds. The summed E-state index contributed by atoms with van der Waals surface area (Å²) < 4.78 is 20.6. The maximum Gasteiger partial charge on any atom is 0.227 e. The first-order valence-electron chi connectivity index (χ1n) is 25.1. The molecule has 4 heterocycles. The fourth-order valence-electron chi connectivity index (χ4n) is 9.90. The van der Waals surface area contributed by atoms with Crippen molar-refractivity contribution in [2.45, 2.75) is 70.1 Å². The predicted octanol–water partition coefficient (Wildman–Crippen LogP) is 10.2. The second kappa shape index (κ2) is 22.4. The highest BCUT2D eigenvalue weighted by Gasteiger charge is 2.31. The molecule has 2 fully saturated rings. The number of nitrogens with zero attached hydrogens (tertiary/aromatic N) is 8. The molecule has 0 bridgehead atoms. The maximum absolute atomic E-state index is 13.0. The molecule has 0 aliphatic heterocycles. The lowest BCUT2D eigenvalue weighted by Crippen LogP contribution is -2.28. The van der Waals surface area contributed by atoms with Gasteiger partial charge in [0.15, 0.2) is 34.6 Å². The molecular weight excluding hydrogens is 949 g/mol. The number of imidazole rings is 2. The van der Waals surface area contributed by atoms with Gasteiger partial charge >= 0.3 is 0 Å². The Hall–Kier alpha value is -9.06. The fraction of sp³-hybridized carbons (Fsp3) is 0.263. The van der Waals surface area contributed by atoms with E-state index >= 15 is 0 Å². The SMILES string of the molecule is COc1cccc(NC(=O)C2CCC(n3cnc4c(N)nc(-c5cccc(O)c5)nc43)CC2)c1.COc1cccc(NC(=O)C2CCC(n3cnc4c(N)nc(-c5cccc(OCc6ccccc6)c5)nc43)CC2)c1. The third kappa shape index (κ3) is 11.4. The Morgan fingerprint density at radius 3 is 1.52 bits per heavy atom. The number of carbonyl (C=O) groups excluding carboxylic acids is 2. The number of phenolic OH excluding ortho intramolecular Hbond substituents is 1. The summed E-state index contributed by atoms with van der Waals surface area (Å²) in [5, 5.41) is 15.9. The second-order valence-electron chi connectivity index (χ2n) is 18.8. The zero-order chi connectivity index (χ0) is 51.8. The lowest BCUT2D eigenvalue weighted by atomic mass is 9.85. The van der Waals surface area contributed by atoms with E-state index in [1.165, 1.54) is 0 Å². The van der Waals surface area contributed by atoms with Crippen LogP contribution in [0.1, 0.15) is 69.0 Å². The molecule has 382 valence electrons. The first kappa shape index (κ1) is 49.5. The minimum absolute atomic E-state index is 0.0277. The molecule has 0 unspecified atom stereocenters. The molecular formula is C57H58N12O6. The number of aromatic nitrogens is 8. The summed E-state index contributed by atoms with van der Waals surface area (Å²) in [6.45, 7) is 0.472. The van der Waals surface area contributed by atoms with Gasteiger partial charge in [0.1, 0.15) is 40.6 Å². The van der Waals surface area contributed by atoms with E-state index in [1.807, 2.05) is 114 Å². The Balaban J connectivity index is 0.000000174. The summed E-state index contributed by atoms with van der Waals surface area (Å²) in [5.74, 6) is 3.84. The zero-order valence-corrected chi connectivity index (χ0v) is 41.7. The minimum Gasteiger partial charge on any atom is -0.508 e. The van der Waals surface area contributed by atoms with E-state index in [2.05, 4.69) is 35.1 Å². The summed E-state index contributed by atoms with van der Waals surface area (Å²) in [6, 6.07) is 39.6. The number of aromatic hydroxyl groups is 1.